The summed E-state index contributed by atoms with van der Waals surface area (Å²) in [5.74, 6) is 2.60. The molecule has 3 nitrogen and oxygen atoms in total. The summed E-state index contributed by atoms with van der Waals surface area (Å²) in [5.41, 5.74) is -0.671. The number of hydrogen-bond acceptors (Lipinski definition) is 4. The van der Waals surface area contributed by atoms with Crippen LogP contribution in [-0.2, 0) is 4.74 Å². The summed E-state index contributed by atoms with van der Waals surface area (Å²) in [6, 6.07) is 0.607. The van der Waals surface area contributed by atoms with Gasteiger partial charge < -0.3 is 9.84 Å². The number of thioether (sulfide) groups is 1. The second kappa shape index (κ2) is 4.97. The molecule has 18 heavy (non-hydrogen) atoms. The van der Waals surface area contributed by atoms with Gasteiger partial charge in [-0.05, 0) is 34.6 Å². The minimum absolute atomic E-state index is 0.193. The van der Waals surface area contributed by atoms with Crippen LogP contribution >= 0.6 is 11.8 Å². The summed E-state index contributed by atoms with van der Waals surface area (Å²) in [5, 5.41) is 10.5. The molecule has 2 aliphatic heterocycles. The summed E-state index contributed by atoms with van der Waals surface area (Å²) < 4.78 is 6.06. The van der Waals surface area contributed by atoms with Crippen LogP contribution in [0.1, 0.15) is 34.6 Å². The molecular weight excluding hydrogens is 246 g/mol. The van der Waals surface area contributed by atoms with Crippen molar-refractivity contribution >= 4 is 11.8 Å². The van der Waals surface area contributed by atoms with Crippen molar-refractivity contribution in [1.29, 1.82) is 0 Å². The summed E-state index contributed by atoms with van der Waals surface area (Å²) in [4.78, 5) is 2.51. The van der Waals surface area contributed by atoms with Crippen LogP contribution in [-0.4, -0.2) is 57.9 Å². The zero-order valence-corrected chi connectivity index (χ0v) is 13.1. The highest BCUT2D eigenvalue weighted by atomic mass is 32.2. The zero-order chi connectivity index (χ0) is 13.6. The molecule has 0 bridgehead atoms. The number of rotatable bonds is 2. The second-order valence-corrected chi connectivity index (χ2v) is 7.93. The first kappa shape index (κ1) is 14.6. The van der Waals surface area contributed by atoms with Crippen LogP contribution in [0, 0.1) is 5.92 Å². The van der Waals surface area contributed by atoms with Crippen LogP contribution in [0.25, 0.3) is 0 Å². The highest BCUT2D eigenvalue weighted by Gasteiger charge is 2.53. The Morgan fingerprint density at radius 1 is 1.28 bits per heavy atom. The zero-order valence-electron chi connectivity index (χ0n) is 12.3. The lowest BCUT2D eigenvalue weighted by Gasteiger charge is -2.38. The van der Waals surface area contributed by atoms with E-state index in [1.807, 2.05) is 25.6 Å². The van der Waals surface area contributed by atoms with Crippen molar-refractivity contribution in [3.63, 3.8) is 0 Å². The van der Waals surface area contributed by atoms with Gasteiger partial charge in [0.1, 0.15) is 0 Å². The van der Waals surface area contributed by atoms with Gasteiger partial charge in [-0.1, -0.05) is 0 Å². The van der Waals surface area contributed by atoms with Crippen LogP contribution in [0.5, 0.6) is 0 Å². The Balaban J connectivity index is 2.07. The van der Waals surface area contributed by atoms with Gasteiger partial charge in [0.2, 0.25) is 0 Å². The standard InChI is InChI=1S/C14H27NO2S/c1-10-9-18-7-6-15(10)8-11-12(16)14(4,5)17-13(11,2)3/h10-12,16H,6-9H2,1-5H3. The van der Waals surface area contributed by atoms with Gasteiger partial charge in [-0.3, -0.25) is 4.90 Å². The van der Waals surface area contributed by atoms with Gasteiger partial charge in [0.05, 0.1) is 17.3 Å². The maximum absolute atomic E-state index is 10.5. The van der Waals surface area contributed by atoms with E-state index in [2.05, 4.69) is 25.7 Å². The fourth-order valence-electron chi connectivity index (χ4n) is 3.28. The maximum Gasteiger partial charge on any atom is 0.0896 e. The highest BCUT2D eigenvalue weighted by Crippen LogP contribution is 2.42. The second-order valence-electron chi connectivity index (χ2n) is 6.78. The van der Waals surface area contributed by atoms with Crippen molar-refractivity contribution in [2.45, 2.75) is 58.0 Å². The van der Waals surface area contributed by atoms with Crippen molar-refractivity contribution in [2.24, 2.45) is 5.92 Å². The molecule has 0 aliphatic carbocycles. The predicted octanol–water partition coefficient (Wildman–Crippen LogP) is 1.99. The van der Waals surface area contributed by atoms with E-state index in [-0.39, 0.29) is 17.6 Å². The third-order valence-corrected chi connectivity index (χ3v) is 5.64. The van der Waals surface area contributed by atoms with Crippen LogP contribution in [0.2, 0.25) is 0 Å². The van der Waals surface area contributed by atoms with Gasteiger partial charge in [-0.2, -0.15) is 11.8 Å². The van der Waals surface area contributed by atoms with E-state index in [4.69, 9.17) is 4.74 Å². The maximum atomic E-state index is 10.5. The average Bonchev–Trinajstić information content (AvgIpc) is 2.39. The van der Waals surface area contributed by atoms with E-state index < -0.39 is 5.60 Å². The third kappa shape index (κ3) is 2.72. The van der Waals surface area contributed by atoms with E-state index >= 15 is 0 Å². The molecule has 0 radical (unpaired) electrons. The number of nitrogens with zero attached hydrogens (tertiary/aromatic N) is 1. The molecule has 0 amide bonds. The van der Waals surface area contributed by atoms with Crippen LogP contribution in [0.3, 0.4) is 0 Å². The minimum Gasteiger partial charge on any atom is -0.390 e. The van der Waals surface area contributed by atoms with Gasteiger partial charge in [0, 0.05) is 36.6 Å². The normalized spacial score (nSPS) is 40.0. The number of aliphatic hydroxyl groups excluding tert-OH is 1. The molecule has 2 aliphatic rings. The Morgan fingerprint density at radius 3 is 2.44 bits per heavy atom. The lowest BCUT2D eigenvalue weighted by molar-refractivity contribution is -0.0914. The monoisotopic (exact) mass is 273 g/mol. The van der Waals surface area contributed by atoms with E-state index in [9.17, 15) is 5.11 Å². The quantitative estimate of drug-likeness (QED) is 0.834. The first-order valence-corrected chi connectivity index (χ1v) is 8.09. The van der Waals surface area contributed by atoms with Gasteiger partial charge in [0.25, 0.3) is 0 Å². The molecule has 2 saturated heterocycles. The Labute approximate surface area is 115 Å². The van der Waals surface area contributed by atoms with Gasteiger partial charge >= 0.3 is 0 Å². The molecule has 3 unspecified atom stereocenters. The van der Waals surface area contributed by atoms with Crippen molar-refractivity contribution in [3.05, 3.63) is 0 Å². The molecule has 2 rings (SSSR count). The smallest absolute Gasteiger partial charge is 0.0896 e. The topological polar surface area (TPSA) is 32.7 Å². The van der Waals surface area contributed by atoms with Crippen molar-refractivity contribution < 1.29 is 9.84 Å². The lowest BCUT2D eigenvalue weighted by Crippen LogP contribution is -2.49. The van der Waals surface area contributed by atoms with Crippen LogP contribution < -0.4 is 0 Å². The molecule has 2 fully saturated rings. The molecule has 0 saturated carbocycles. The number of ether oxygens (including phenoxy) is 1. The molecule has 0 aromatic carbocycles. The lowest BCUT2D eigenvalue weighted by atomic mass is 9.84. The van der Waals surface area contributed by atoms with Crippen LogP contribution in [0.4, 0.5) is 0 Å². The fraction of sp³-hybridized carbons (Fsp3) is 1.00. The van der Waals surface area contributed by atoms with Crippen LogP contribution in [0.15, 0.2) is 0 Å². The summed E-state index contributed by atoms with van der Waals surface area (Å²) in [7, 11) is 0. The first-order valence-electron chi connectivity index (χ1n) is 6.94. The molecular formula is C14H27NO2S. The summed E-state index contributed by atoms with van der Waals surface area (Å²) in [6.07, 6.45) is -0.380. The predicted molar refractivity (Wildman–Crippen MR) is 77.1 cm³/mol. The molecule has 0 aromatic heterocycles. The highest BCUT2D eigenvalue weighted by molar-refractivity contribution is 7.99. The number of hydrogen-bond donors (Lipinski definition) is 1. The van der Waals surface area contributed by atoms with Gasteiger partial charge in [0.15, 0.2) is 0 Å². The summed E-state index contributed by atoms with van der Waals surface area (Å²) >= 11 is 2.03. The van der Waals surface area contributed by atoms with Crippen molar-refractivity contribution in [3.8, 4) is 0 Å². The molecule has 2 heterocycles. The van der Waals surface area contributed by atoms with E-state index in [1.54, 1.807) is 0 Å². The van der Waals surface area contributed by atoms with E-state index in [0.717, 1.165) is 13.1 Å². The largest absolute Gasteiger partial charge is 0.390 e. The Bertz CT molecular complexity index is 306. The molecule has 4 heteroatoms. The molecule has 106 valence electrons. The fourth-order valence-corrected chi connectivity index (χ4v) is 4.37. The van der Waals surface area contributed by atoms with E-state index in [1.165, 1.54) is 11.5 Å². The van der Waals surface area contributed by atoms with Gasteiger partial charge in [-0.25, -0.2) is 0 Å². The minimum atomic E-state index is -0.429. The average molecular weight is 273 g/mol. The third-order valence-electron chi connectivity index (χ3n) is 4.45. The molecule has 0 spiro atoms. The van der Waals surface area contributed by atoms with Crippen molar-refractivity contribution in [1.82, 2.24) is 4.90 Å². The molecule has 1 N–H and O–H groups in total. The SMILES string of the molecule is CC1CSCCN1CC1C(O)C(C)(C)OC1(C)C. The summed E-state index contributed by atoms with van der Waals surface area (Å²) in [6.45, 7) is 12.6. The molecule has 0 aromatic rings. The van der Waals surface area contributed by atoms with Gasteiger partial charge in [-0.15, -0.1) is 0 Å². The Kier molecular flexibility index (Phi) is 4.04. The Morgan fingerprint density at radius 2 is 1.94 bits per heavy atom. The Hall–Kier alpha value is 0.230. The molecule has 3 atom stereocenters. The van der Waals surface area contributed by atoms with E-state index in [0.29, 0.717) is 6.04 Å². The first-order chi connectivity index (χ1) is 8.24. The van der Waals surface area contributed by atoms with Crippen molar-refractivity contribution in [2.75, 3.05) is 24.6 Å². The number of aliphatic hydroxyl groups is 1.